The molecule has 0 saturated heterocycles. The minimum absolute atomic E-state index is 0.0199. The van der Waals surface area contributed by atoms with Gasteiger partial charge in [0.2, 0.25) is 0 Å². The second-order valence-electron chi connectivity index (χ2n) is 2.74. The Morgan fingerprint density at radius 2 is 2.21 bits per heavy atom. The van der Waals surface area contributed by atoms with Crippen LogP contribution >= 0.6 is 15.9 Å². The Bertz CT molecular complexity index is 404. The zero-order valence-corrected chi connectivity index (χ0v) is 8.74. The molecule has 4 nitrogen and oxygen atoms in total. The van der Waals surface area contributed by atoms with Crippen molar-refractivity contribution in [3.8, 4) is 0 Å². The number of carbonyl (C=O) groups excluding carboxylic acids is 1. The zero-order chi connectivity index (χ0) is 9.97. The highest BCUT2D eigenvalue weighted by Gasteiger charge is 2.16. The van der Waals surface area contributed by atoms with Crippen LogP contribution in [0.4, 0.5) is 0 Å². The van der Waals surface area contributed by atoms with Gasteiger partial charge in [0.15, 0.2) is 12.4 Å². The van der Waals surface area contributed by atoms with Gasteiger partial charge < -0.3 is 10.2 Å². The molecule has 0 fully saturated rings. The molecule has 2 rings (SSSR count). The van der Waals surface area contributed by atoms with Gasteiger partial charge in [-0.1, -0.05) is 33.2 Å². The van der Waals surface area contributed by atoms with E-state index in [0.29, 0.717) is 5.84 Å². The molecule has 1 heterocycles. The molecule has 0 aromatic heterocycles. The number of amides is 1. The van der Waals surface area contributed by atoms with Crippen molar-refractivity contribution in [1.29, 1.82) is 0 Å². The Balaban J connectivity index is 2.35. The van der Waals surface area contributed by atoms with Crippen molar-refractivity contribution in [2.45, 2.75) is 0 Å². The number of hydrogen-bond acceptors (Lipinski definition) is 3. The minimum Gasteiger partial charge on any atom is -0.384 e. The van der Waals surface area contributed by atoms with Crippen molar-refractivity contribution in [3.05, 3.63) is 34.3 Å². The van der Waals surface area contributed by atoms with Gasteiger partial charge in [-0.05, 0) is 12.1 Å². The van der Waals surface area contributed by atoms with Gasteiger partial charge in [0.25, 0.3) is 5.91 Å². The first kappa shape index (κ1) is 9.21. The second-order valence-corrected chi connectivity index (χ2v) is 3.60. The van der Waals surface area contributed by atoms with E-state index >= 15 is 0 Å². The number of benzene rings is 1. The first-order valence-electron chi connectivity index (χ1n) is 4.02. The summed E-state index contributed by atoms with van der Waals surface area (Å²) in [6.07, 6.45) is 0. The molecule has 0 bridgehead atoms. The van der Waals surface area contributed by atoms with Gasteiger partial charge in [0.05, 0.1) is 0 Å². The summed E-state index contributed by atoms with van der Waals surface area (Å²) in [7, 11) is 0. The third-order valence-corrected chi connectivity index (χ3v) is 2.43. The smallest absolute Gasteiger partial charge is 0.266 e. The summed E-state index contributed by atoms with van der Waals surface area (Å²) in [6, 6.07) is 7.47. The molecule has 0 radical (unpaired) electrons. The molecule has 0 aliphatic carbocycles. The van der Waals surface area contributed by atoms with Crippen LogP contribution in [0.15, 0.2) is 33.9 Å². The van der Waals surface area contributed by atoms with E-state index < -0.39 is 0 Å². The molecule has 0 spiro atoms. The average Bonchev–Trinajstić information content (AvgIpc) is 2.18. The number of hydrogen-bond donors (Lipinski definition) is 1. The summed E-state index contributed by atoms with van der Waals surface area (Å²) in [6.45, 7) is -0.0199. The van der Waals surface area contributed by atoms with E-state index in [4.69, 9.17) is 4.84 Å². The van der Waals surface area contributed by atoms with E-state index in [9.17, 15) is 4.79 Å². The number of amidine groups is 1. The van der Waals surface area contributed by atoms with Gasteiger partial charge in [-0.15, -0.1) is 0 Å². The Morgan fingerprint density at radius 3 is 2.93 bits per heavy atom. The highest BCUT2D eigenvalue weighted by molar-refractivity contribution is 9.10. The molecule has 0 unspecified atom stereocenters. The number of nitrogens with zero attached hydrogens (tertiary/aromatic N) is 1. The maximum absolute atomic E-state index is 11.0. The third-order valence-electron chi connectivity index (χ3n) is 1.74. The predicted molar refractivity (Wildman–Crippen MR) is 54.8 cm³/mol. The number of carbonyl (C=O) groups is 1. The third kappa shape index (κ3) is 1.77. The summed E-state index contributed by atoms with van der Waals surface area (Å²) in [5.41, 5.74) is 0.806. The van der Waals surface area contributed by atoms with E-state index in [2.05, 4.69) is 26.4 Å². The fourth-order valence-corrected chi connectivity index (χ4v) is 1.59. The minimum atomic E-state index is -0.189. The van der Waals surface area contributed by atoms with Crippen LogP contribution in [-0.4, -0.2) is 18.3 Å². The Labute approximate surface area is 89.1 Å². The van der Waals surface area contributed by atoms with Gasteiger partial charge in [-0.25, -0.2) is 0 Å². The Kier molecular flexibility index (Phi) is 2.49. The zero-order valence-electron chi connectivity index (χ0n) is 7.16. The first-order chi connectivity index (χ1) is 6.77. The summed E-state index contributed by atoms with van der Waals surface area (Å²) < 4.78 is 0.865. The van der Waals surface area contributed by atoms with Crippen molar-refractivity contribution >= 4 is 27.7 Å². The lowest BCUT2D eigenvalue weighted by molar-refractivity contribution is -0.125. The fraction of sp³-hybridized carbons (Fsp3) is 0.111. The Hall–Kier alpha value is -1.36. The molecular formula is C9H7BrN2O2. The van der Waals surface area contributed by atoms with Crippen LogP contribution in [0.5, 0.6) is 0 Å². The lowest BCUT2D eigenvalue weighted by Gasteiger charge is -2.13. The van der Waals surface area contributed by atoms with E-state index in [1.165, 1.54) is 0 Å². The predicted octanol–water partition coefficient (Wildman–Crippen LogP) is 1.26. The van der Waals surface area contributed by atoms with Crippen LogP contribution in [-0.2, 0) is 9.63 Å². The van der Waals surface area contributed by atoms with E-state index in [1.54, 1.807) is 0 Å². The lowest BCUT2D eigenvalue weighted by atomic mass is 10.2. The maximum Gasteiger partial charge on any atom is 0.266 e. The highest BCUT2D eigenvalue weighted by atomic mass is 79.9. The SMILES string of the molecule is O=C1CON=C(c2ccccc2Br)N1. The number of nitrogens with one attached hydrogen (secondary N) is 1. The van der Waals surface area contributed by atoms with Crippen molar-refractivity contribution in [2.24, 2.45) is 5.16 Å². The summed E-state index contributed by atoms with van der Waals surface area (Å²) >= 11 is 3.36. The van der Waals surface area contributed by atoms with Crippen LogP contribution in [0.2, 0.25) is 0 Å². The van der Waals surface area contributed by atoms with Crippen LogP contribution in [0.3, 0.4) is 0 Å². The van der Waals surface area contributed by atoms with E-state index in [-0.39, 0.29) is 12.5 Å². The van der Waals surface area contributed by atoms with Crippen LogP contribution in [0.1, 0.15) is 5.56 Å². The molecule has 72 valence electrons. The second kappa shape index (κ2) is 3.79. The molecule has 1 amide bonds. The van der Waals surface area contributed by atoms with Gasteiger partial charge in [0, 0.05) is 10.0 Å². The molecule has 1 aliphatic heterocycles. The standard InChI is InChI=1S/C9H7BrN2O2/c10-7-4-2-1-3-6(7)9-11-8(13)5-14-12-9/h1-4H,5H2,(H,11,12,13). The molecule has 1 aromatic carbocycles. The normalized spacial score (nSPS) is 15.5. The molecular weight excluding hydrogens is 248 g/mol. The largest absolute Gasteiger partial charge is 0.384 e. The molecule has 14 heavy (non-hydrogen) atoms. The van der Waals surface area contributed by atoms with Crippen molar-refractivity contribution in [1.82, 2.24) is 5.32 Å². The first-order valence-corrected chi connectivity index (χ1v) is 4.81. The number of rotatable bonds is 1. The quantitative estimate of drug-likeness (QED) is 0.821. The Morgan fingerprint density at radius 1 is 1.43 bits per heavy atom. The van der Waals surface area contributed by atoms with Crippen LogP contribution in [0, 0.1) is 0 Å². The van der Waals surface area contributed by atoms with Gasteiger partial charge >= 0.3 is 0 Å². The van der Waals surface area contributed by atoms with Gasteiger partial charge in [-0.3, -0.25) is 4.79 Å². The molecule has 0 atom stereocenters. The number of halogens is 1. The van der Waals surface area contributed by atoms with Crippen molar-refractivity contribution in [2.75, 3.05) is 6.61 Å². The van der Waals surface area contributed by atoms with Crippen molar-refractivity contribution < 1.29 is 9.63 Å². The topological polar surface area (TPSA) is 50.7 Å². The van der Waals surface area contributed by atoms with Crippen LogP contribution < -0.4 is 5.32 Å². The van der Waals surface area contributed by atoms with E-state index in [0.717, 1.165) is 10.0 Å². The molecule has 1 aliphatic rings. The monoisotopic (exact) mass is 254 g/mol. The molecule has 1 aromatic rings. The summed E-state index contributed by atoms with van der Waals surface area (Å²) in [5.74, 6) is 0.250. The average molecular weight is 255 g/mol. The van der Waals surface area contributed by atoms with Gasteiger partial charge in [-0.2, -0.15) is 0 Å². The molecule has 0 saturated carbocycles. The fourth-order valence-electron chi connectivity index (χ4n) is 1.12. The van der Waals surface area contributed by atoms with Crippen LogP contribution in [0.25, 0.3) is 0 Å². The van der Waals surface area contributed by atoms with Crippen molar-refractivity contribution in [3.63, 3.8) is 0 Å². The lowest BCUT2D eigenvalue weighted by Crippen LogP contribution is -2.37. The van der Waals surface area contributed by atoms with E-state index in [1.807, 2.05) is 24.3 Å². The summed E-state index contributed by atoms with van der Waals surface area (Å²) in [4.78, 5) is 15.8. The maximum atomic E-state index is 11.0. The molecule has 1 N–H and O–H groups in total. The summed E-state index contributed by atoms with van der Waals surface area (Å²) in [5, 5.41) is 6.40. The highest BCUT2D eigenvalue weighted by Crippen LogP contribution is 2.16. The van der Waals surface area contributed by atoms with Gasteiger partial charge in [0.1, 0.15) is 0 Å². The number of oxime groups is 1. The molecule has 5 heteroatoms.